The largest absolute Gasteiger partial charge is 0.496 e. The second kappa shape index (κ2) is 5.52. The molecule has 2 atom stereocenters. The molecule has 1 fully saturated rings. The summed E-state index contributed by atoms with van der Waals surface area (Å²) in [6.07, 6.45) is -1.53. The molecule has 7 heteroatoms. The first-order chi connectivity index (χ1) is 8.99. The van der Waals surface area contributed by atoms with E-state index in [4.69, 9.17) is 4.74 Å². The van der Waals surface area contributed by atoms with E-state index < -0.39 is 17.1 Å². The van der Waals surface area contributed by atoms with Gasteiger partial charge >= 0.3 is 0 Å². The van der Waals surface area contributed by atoms with Crippen LogP contribution in [-0.4, -0.2) is 52.4 Å². The zero-order valence-electron chi connectivity index (χ0n) is 10.5. The number of non-ortho nitro benzene ring substituents is 1. The Hall–Kier alpha value is -1.70. The summed E-state index contributed by atoms with van der Waals surface area (Å²) in [6, 6.07) is 4.54. The van der Waals surface area contributed by atoms with Gasteiger partial charge in [-0.25, -0.2) is 0 Å². The molecule has 0 aromatic heterocycles. The van der Waals surface area contributed by atoms with Gasteiger partial charge in [-0.2, -0.15) is 0 Å². The summed E-state index contributed by atoms with van der Waals surface area (Å²) in [4.78, 5) is 12.2. The van der Waals surface area contributed by atoms with Gasteiger partial charge in [-0.1, -0.05) is 0 Å². The number of nitro groups is 1. The Labute approximate surface area is 110 Å². The molecule has 104 valence electrons. The van der Waals surface area contributed by atoms with E-state index in [1.54, 1.807) is 6.07 Å². The van der Waals surface area contributed by atoms with Crippen LogP contribution in [0.15, 0.2) is 18.2 Å². The van der Waals surface area contributed by atoms with Crippen molar-refractivity contribution in [2.24, 2.45) is 0 Å². The Balaban J connectivity index is 2.16. The van der Waals surface area contributed by atoms with E-state index in [1.807, 2.05) is 4.90 Å². The van der Waals surface area contributed by atoms with Crippen LogP contribution in [0.4, 0.5) is 5.69 Å². The lowest BCUT2D eigenvalue weighted by molar-refractivity contribution is -0.385. The Morgan fingerprint density at radius 3 is 2.53 bits per heavy atom. The van der Waals surface area contributed by atoms with E-state index in [-0.39, 0.29) is 5.69 Å². The molecule has 0 spiro atoms. The molecule has 7 nitrogen and oxygen atoms in total. The minimum atomic E-state index is -0.763. The van der Waals surface area contributed by atoms with Crippen molar-refractivity contribution < 1.29 is 19.9 Å². The van der Waals surface area contributed by atoms with Crippen molar-refractivity contribution in [2.45, 2.75) is 18.8 Å². The summed E-state index contributed by atoms with van der Waals surface area (Å²) in [5, 5.41) is 29.7. The Morgan fingerprint density at radius 1 is 1.37 bits per heavy atom. The van der Waals surface area contributed by atoms with Crippen molar-refractivity contribution in [3.8, 4) is 5.75 Å². The molecule has 1 heterocycles. The van der Waals surface area contributed by atoms with Crippen molar-refractivity contribution in [3.05, 3.63) is 33.9 Å². The SMILES string of the molecule is COc1cc(CN2C[C@@H](O)[C@@H](O)C2)cc([N+](=O)[O-])c1. The molecular formula is C12H16N2O5. The maximum absolute atomic E-state index is 10.8. The summed E-state index contributed by atoms with van der Waals surface area (Å²) in [5.41, 5.74) is 0.682. The monoisotopic (exact) mass is 268 g/mol. The molecule has 1 aliphatic rings. The Bertz CT molecular complexity index is 469. The number of methoxy groups -OCH3 is 1. The van der Waals surface area contributed by atoms with Crippen molar-refractivity contribution in [1.29, 1.82) is 0 Å². The third-order valence-corrected chi connectivity index (χ3v) is 3.14. The van der Waals surface area contributed by atoms with Crippen molar-refractivity contribution in [2.75, 3.05) is 20.2 Å². The minimum absolute atomic E-state index is 0.0327. The van der Waals surface area contributed by atoms with Gasteiger partial charge in [-0.05, 0) is 11.6 Å². The van der Waals surface area contributed by atoms with Gasteiger partial charge in [0.2, 0.25) is 0 Å². The molecule has 1 saturated heterocycles. The first-order valence-corrected chi connectivity index (χ1v) is 5.90. The Kier molecular flexibility index (Phi) is 3.98. The van der Waals surface area contributed by atoms with Crippen molar-refractivity contribution in [3.63, 3.8) is 0 Å². The zero-order valence-corrected chi connectivity index (χ0v) is 10.5. The molecule has 0 aliphatic carbocycles. The number of hydrogen-bond acceptors (Lipinski definition) is 6. The van der Waals surface area contributed by atoms with Gasteiger partial charge in [0.25, 0.3) is 5.69 Å². The molecule has 0 amide bonds. The molecule has 1 aliphatic heterocycles. The number of rotatable bonds is 4. The summed E-state index contributed by atoms with van der Waals surface area (Å²) in [5.74, 6) is 0.421. The van der Waals surface area contributed by atoms with E-state index in [2.05, 4.69) is 0 Å². The van der Waals surface area contributed by atoms with E-state index in [0.717, 1.165) is 0 Å². The third-order valence-electron chi connectivity index (χ3n) is 3.14. The highest BCUT2D eigenvalue weighted by molar-refractivity contribution is 5.42. The Morgan fingerprint density at radius 2 is 2.00 bits per heavy atom. The average Bonchev–Trinajstić information content (AvgIpc) is 2.67. The highest BCUT2D eigenvalue weighted by atomic mass is 16.6. The number of nitrogens with zero attached hydrogens (tertiary/aromatic N) is 2. The maximum Gasteiger partial charge on any atom is 0.273 e. The van der Waals surface area contributed by atoms with E-state index in [1.165, 1.54) is 19.2 Å². The number of aliphatic hydroxyl groups excluding tert-OH is 2. The van der Waals surface area contributed by atoms with Crippen LogP contribution in [-0.2, 0) is 6.54 Å². The zero-order chi connectivity index (χ0) is 14.0. The highest BCUT2D eigenvalue weighted by Crippen LogP contribution is 2.24. The van der Waals surface area contributed by atoms with Crippen LogP contribution in [0.2, 0.25) is 0 Å². The second-order valence-corrected chi connectivity index (χ2v) is 4.63. The lowest BCUT2D eigenvalue weighted by Crippen LogP contribution is -2.22. The molecule has 0 radical (unpaired) electrons. The first kappa shape index (κ1) is 13.7. The fraction of sp³-hybridized carbons (Fsp3) is 0.500. The van der Waals surface area contributed by atoms with Gasteiger partial charge in [0.15, 0.2) is 0 Å². The summed E-state index contributed by atoms with van der Waals surface area (Å²) in [7, 11) is 1.45. The van der Waals surface area contributed by atoms with Gasteiger partial charge in [0.05, 0.1) is 30.3 Å². The second-order valence-electron chi connectivity index (χ2n) is 4.63. The molecule has 2 rings (SSSR count). The number of β-amino-alcohol motifs (C(OH)–C–C–N with tert-alkyl or cyclic N) is 2. The summed E-state index contributed by atoms with van der Waals surface area (Å²) >= 11 is 0. The standard InChI is InChI=1S/C12H16N2O5/c1-19-10-3-8(2-9(4-10)14(17)18)5-13-6-11(15)12(16)7-13/h2-4,11-12,15-16H,5-7H2,1H3/t11-,12+. The molecule has 19 heavy (non-hydrogen) atoms. The average molecular weight is 268 g/mol. The van der Waals surface area contributed by atoms with Crippen LogP contribution in [0.1, 0.15) is 5.56 Å². The molecule has 2 N–H and O–H groups in total. The van der Waals surface area contributed by atoms with E-state index >= 15 is 0 Å². The minimum Gasteiger partial charge on any atom is -0.496 e. The number of ether oxygens (including phenoxy) is 1. The summed E-state index contributed by atoms with van der Waals surface area (Å²) < 4.78 is 5.03. The van der Waals surface area contributed by atoms with Crippen LogP contribution in [0.5, 0.6) is 5.75 Å². The van der Waals surface area contributed by atoms with Gasteiger partial charge in [0, 0.05) is 25.7 Å². The van der Waals surface area contributed by atoms with Crippen molar-refractivity contribution in [1.82, 2.24) is 4.90 Å². The van der Waals surface area contributed by atoms with Gasteiger partial charge in [-0.15, -0.1) is 0 Å². The fourth-order valence-electron chi connectivity index (χ4n) is 2.19. The molecule has 0 saturated carbocycles. The maximum atomic E-state index is 10.8. The van der Waals surface area contributed by atoms with Crippen molar-refractivity contribution >= 4 is 5.69 Å². The molecule has 1 aromatic rings. The van der Waals surface area contributed by atoms with Gasteiger partial charge in [0.1, 0.15) is 5.75 Å². The fourth-order valence-corrected chi connectivity index (χ4v) is 2.19. The predicted molar refractivity (Wildman–Crippen MR) is 66.9 cm³/mol. The van der Waals surface area contributed by atoms with Crippen LogP contribution < -0.4 is 4.74 Å². The first-order valence-electron chi connectivity index (χ1n) is 5.90. The smallest absolute Gasteiger partial charge is 0.273 e. The number of aliphatic hydroxyl groups is 2. The third kappa shape index (κ3) is 3.19. The van der Waals surface area contributed by atoms with Gasteiger partial charge in [-0.3, -0.25) is 15.0 Å². The molecule has 0 unspecified atom stereocenters. The molecular weight excluding hydrogens is 252 g/mol. The quantitative estimate of drug-likeness (QED) is 0.595. The van der Waals surface area contributed by atoms with Crippen LogP contribution in [0.25, 0.3) is 0 Å². The lowest BCUT2D eigenvalue weighted by Gasteiger charge is -2.15. The van der Waals surface area contributed by atoms with E-state index in [0.29, 0.717) is 30.9 Å². The summed E-state index contributed by atoms with van der Waals surface area (Å²) in [6.45, 7) is 1.13. The predicted octanol–water partition coefficient (Wildman–Crippen LogP) is 0.141. The van der Waals surface area contributed by atoms with Gasteiger partial charge < -0.3 is 14.9 Å². The normalized spacial score (nSPS) is 23.5. The number of nitro benzene ring substituents is 1. The number of likely N-dealkylation sites (tertiary alicyclic amines) is 1. The molecule has 1 aromatic carbocycles. The van der Waals surface area contributed by atoms with Crippen LogP contribution >= 0.6 is 0 Å². The number of hydrogen-bond donors (Lipinski definition) is 2. The van der Waals surface area contributed by atoms with Crippen LogP contribution in [0.3, 0.4) is 0 Å². The topological polar surface area (TPSA) is 96.1 Å². The van der Waals surface area contributed by atoms with E-state index in [9.17, 15) is 20.3 Å². The van der Waals surface area contributed by atoms with Crippen LogP contribution in [0, 0.1) is 10.1 Å². The number of benzene rings is 1. The lowest BCUT2D eigenvalue weighted by atomic mass is 10.2. The molecule has 0 bridgehead atoms. The highest BCUT2D eigenvalue weighted by Gasteiger charge is 2.29.